The molecular weight excluding hydrogens is 240 g/mol. The second-order valence-electron chi connectivity index (χ2n) is 5.52. The molecule has 106 valence electrons. The lowest BCUT2D eigenvalue weighted by atomic mass is 9.90. The fraction of sp³-hybridized carbons (Fsp3) is 0.714. The van der Waals surface area contributed by atoms with Crippen LogP contribution in [0.5, 0.6) is 5.88 Å². The van der Waals surface area contributed by atoms with Gasteiger partial charge in [0.2, 0.25) is 5.88 Å². The zero-order valence-corrected chi connectivity index (χ0v) is 12.3. The first-order valence-corrected chi connectivity index (χ1v) is 6.88. The number of likely N-dealkylation sites (tertiary alicyclic amines) is 1. The summed E-state index contributed by atoms with van der Waals surface area (Å²) in [6.07, 6.45) is 5.94. The number of aromatic nitrogens is 2. The molecule has 1 atom stereocenters. The van der Waals surface area contributed by atoms with Gasteiger partial charge in [-0.15, -0.1) is 0 Å². The van der Waals surface area contributed by atoms with Gasteiger partial charge in [-0.3, -0.25) is 9.88 Å². The lowest BCUT2D eigenvalue weighted by Gasteiger charge is -2.41. The van der Waals surface area contributed by atoms with Crippen molar-refractivity contribution in [2.75, 3.05) is 27.2 Å². The molecule has 0 amide bonds. The Hall–Kier alpha value is -1.20. The Kier molecular flexibility index (Phi) is 4.37. The van der Waals surface area contributed by atoms with Gasteiger partial charge in [-0.05, 0) is 46.8 Å². The number of hydrogen-bond acceptors (Lipinski definition) is 5. The van der Waals surface area contributed by atoms with E-state index >= 15 is 0 Å². The molecule has 0 radical (unpaired) electrons. The quantitative estimate of drug-likeness (QED) is 0.876. The summed E-state index contributed by atoms with van der Waals surface area (Å²) >= 11 is 0. The van der Waals surface area contributed by atoms with Crippen molar-refractivity contribution < 1.29 is 4.74 Å². The molecule has 0 bridgehead atoms. The van der Waals surface area contributed by atoms with E-state index in [1.54, 1.807) is 19.5 Å². The van der Waals surface area contributed by atoms with Gasteiger partial charge in [0.15, 0.2) is 0 Å². The summed E-state index contributed by atoms with van der Waals surface area (Å²) in [5.41, 5.74) is 0.860. The Morgan fingerprint density at radius 2 is 1.89 bits per heavy atom. The topological polar surface area (TPSA) is 50.3 Å². The Morgan fingerprint density at radius 1 is 1.26 bits per heavy atom. The van der Waals surface area contributed by atoms with Gasteiger partial charge < -0.3 is 10.1 Å². The molecule has 2 heterocycles. The molecule has 1 unspecified atom stereocenters. The van der Waals surface area contributed by atoms with E-state index in [0.29, 0.717) is 5.88 Å². The number of ether oxygens (including phenoxy) is 1. The van der Waals surface area contributed by atoms with E-state index in [2.05, 4.69) is 34.0 Å². The standard InChI is InChI=1S/C14H24N4O/c1-14(2,18-9-5-6-10-18)12(15-3)11-13(19-4)17-8-7-16-11/h7-8,12,15H,5-6,9-10H2,1-4H3. The molecule has 1 aromatic rings. The van der Waals surface area contributed by atoms with Crippen LogP contribution in [0, 0.1) is 0 Å². The fourth-order valence-electron chi connectivity index (χ4n) is 2.99. The molecule has 5 heteroatoms. The molecule has 1 aliphatic heterocycles. The first kappa shape index (κ1) is 14.2. The van der Waals surface area contributed by atoms with Crippen LogP contribution in [0.2, 0.25) is 0 Å². The van der Waals surface area contributed by atoms with E-state index in [1.165, 1.54) is 12.8 Å². The van der Waals surface area contributed by atoms with E-state index < -0.39 is 0 Å². The zero-order valence-electron chi connectivity index (χ0n) is 12.3. The first-order chi connectivity index (χ1) is 9.11. The Labute approximate surface area is 115 Å². The normalized spacial score (nSPS) is 18.5. The molecule has 1 fully saturated rings. The van der Waals surface area contributed by atoms with Crippen LogP contribution in [0.1, 0.15) is 38.4 Å². The second kappa shape index (κ2) is 5.84. The summed E-state index contributed by atoms with van der Waals surface area (Å²) < 4.78 is 5.35. The summed E-state index contributed by atoms with van der Waals surface area (Å²) in [7, 11) is 3.61. The van der Waals surface area contributed by atoms with Gasteiger partial charge >= 0.3 is 0 Å². The third kappa shape index (κ3) is 2.72. The van der Waals surface area contributed by atoms with Crippen molar-refractivity contribution in [3.05, 3.63) is 18.1 Å². The SMILES string of the molecule is CNC(c1nccnc1OC)C(C)(C)N1CCCC1. The number of nitrogens with zero attached hydrogens (tertiary/aromatic N) is 3. The highest BCUT2D eigenvalue weighted by Crippen LogP contribution is 2.35. The van der Waals surface area contributed by atoms with Crippen LogP contribution in [0.4, 0.5) is 0 Å². The van der Waals surface area contributed by atoms with Crippen molar-refractivity contribution in [2.24, 2.45) is 0 Å². The van der Waals surface area contributed by atoms with Crippen molar-refractivity contribution in [1.29, 1.82) is 0 Å². The zero-order chi connectivity index (χ0) is 13.9. The minimum absolute atomic E-state index is 0.0193. The van der Waals surface area contributed by atoms with Gasteiger partial charge in [0.25, 0.3) is 0 Å². The van der Waals surface area contributed by atoms with Gasteiger partial charge in [0, 0.05) is 17.9 Å². The number of hydrogen-bond donors (Lipinski definition) is 1. The molecule has 0 aromatic carbocycles. The predicted octanol–water partition coefficient (Wildman–Crippen LogP) is 1.62. The number of nitrogens with one attached hydrogen (secondary N) is 1. The summed E-state index contributed by atoms with van der Waals surface area (Å²) in [6.45, 7) is 6.81. The highest BCUT2D eigenvalue weighted by Gasteiger charge is 2.39. The minimum Gasteiger partial charge on any atom is -0.480 e. The molecular formula is C14H24N4O. The third-order valence-electron chi connectivity index (χ3n) is 4.07. The maximum Gasteiger partial charge on any atom is 0.237 e. The summed E-state index contributed by atoms with van der Waals surface area (Å²) in [4.78, 5) is 11.3. The van der Waals surface area contributed by atoms with Crippen LogP contribution in [-0.4, -0.2) is 47.7 Å². The first-order valence-electron chi connectivity index (χ1n) is 6.88. The van der Waals surface area contributed by atoms with Gasteiger partial charge in [0.1, 0.15) is 5.69 Å². The lowest BCUT2D eigenvalue weighted by Crippen LogP contribution is -2.51. The third-order valence-corrected chi connectivity index (χ3v) is 4.07. The maximum atomic E-state index is 5.35. The summed E-state index contributed by atoms with van der Waals surface area (Å²) in [5, 5.41) is 3.39. The molecule has 2 rings (SSSR count). The van der Waals surface area contributed by atoms with E-state index in [1.807, 2.05) is 7.05 Å². The molecule has 5 nitrogen and oxygen atoms in total. The molecule has 19 heavy (non-hydrogen) atoms. The maximum absolute atomic E-state index is 5.35. The van der Waals surface area contributed by atoms with E-state index in [-0.39, 0.29) is 11.6 Å². The molecule has 1 aliphatic rings. The average Bonchev–Trinajstić information content (AvgIpc) is 2.94. The molecule has 0 spiro atoms. The summed E-state index contributed by atoms with van der Waals surface area (Å²) in [5.74, 6) is 0.606. The molecule has 1 aromatic heterocycles. The average molecular weight is 264 g/mol. The predicted molar refractivity (Wildman–Crippen MR) is 75.3 cm³/mol. The molecule has 1 N–H and O–H groups in total. The monoisotopic (exact) mass is 264 g/mol. The lowest BCUT2D eigenvalue weighted by molar-refractivity contribution is 0.107. The van der Waals surface area contributed by atoms with Gasteiger partial charge in [-0.25, -0.2) is 4.98 Å². The summed E-state index contributed by atoms with van der Waals surface area (Å²) in [6, 6.07) is 0.0919. The molecule has 0 saturated carbocycles. The van der Waals surface area contributed by atoms with Gasteiger partial charge in [-0.1, -0.05) is 0 Å². The van der Waals surface area contributed by atoms with E-state index in [4.69, 9.17) is 4.74 Å². The number of likely N-dealkylation sites (N-methyl/N-ethyl adjacent to an activating group) is 1. The minimum atomic E-state index is -0.0193. The van der Waals surface area contributed by atoms with Crippen molar-refractivity contribution >= 4 is 0 Å². The highest BCUT2D eigenvalue weighted by atomic mass is 16.5. The fourth-order valence-corrected chi connectivity index (χ4v) is 2.99. The van der Waals surface area contributed by atoms with Gasteiger partial charge in [-0.2, -0.15) is 0 Å². The Morgan fingerprint density at radius 3 is 2.47 bits per heavy atom. The van der Waals surface area contributed by atoms with Crippen LogP contribution >= 0.6 is 0 Å². The Bertz CT molecular complexity index is 416. The Balaban J connectivity index is 2.32. The van der Waals surface area contributed by atoms with E-state index in [9.17, 15) is 0 Å². The van der Waals surface area contributed by atoms with Crippen molar-refractivity contribution in [3.63, 3.8) is 0 Å². The van der Waals surface area contributed by atoms with Crippen molar-refractivity contribution in [2.45, 2.75) is 38.3 Å². The number of methoxy groups -OCH3 is 1. The van der Waals surface area contributed by atoms with Crippen LogP contribution in [-0.2, 0) is 0 Å². The highest BCUT2D eigenvalue weighted by molar-refractivity contribution is 5.24. The van der Waals surface area contributed by atoms with E-state index in [0.717, 1.165) is 18.8 Å². The van der Waals surface area contributed by atoms with Crippen LogP contribution in [0.15, 0.2) is 12.4 Å². The number of rotatable bonds is 5. The van der Waals surface area contributed by atoms with Crippen molar-refractivity contribution in [3.8, 4) is 5.88 Å². The smallest absolute Gasteiger partial charge is 0.237 e. The molecule has 0 aliphatic carbocycles. The van der Waals surface area contributed by atoms with Crippen LogP contribution in [0.3, 0.4) is 0 Å². The van der Waals surface area contributed by atoms with Gasteiger partial charge in [0.05, 0.1) is 13.2 Å². The van der Waals surface area contributed by atoms with Crippen LogP contribution in [0.25, 0.3) is 0 Å². The molecule has 1 saturated heterocycles. The largest absolute Gasteiger partial charge is 0.480 e. The van der Waals surface area contributed by atoms with Crippen molar-refractivity contribution in [1.82, 2.24) is 20.2 Å². The second-order valence-corrected chi connectivity index (χ2v) is 5.52. The van der Waals surface area contributed by atoms with Crippen LogP contribution < -0.4 is 10.1 Å².